The molecule has 0 unspecified atom stereocenters. The molecule has 1 aliphatic rings. The normalized spacial score (nSPS) is 14.5. The van der Waals surface area contributed by atoms with E-state index in [2.05, 4.69) is 10.3 Å². The van der Waals surface area contributed by atoms with Gasteiger partial charge in [0.1, 0.15) is 11.5 Å². The molecule has 6 heteroatoms. The van der Waals surface area contributed by atoms with E-state index in [0.29, 0.717) is 11.3 Å². The number of carbonyl (C=O) groups excluding carboxylic acids is 1. The van der Waals surface area contributed by atoms with Crippen molar-refractivity contribution in [2.75, 3.05) is 32.6 Å². The van der Waals surface area contributed by atoms with E-state index >= 15 is 0 Å². The molecule has 0 atom stereocenters. The van der Waals surface area contributed by atoms with Crippen LogP contribution in [-0.4, -0.2) is 43.1 Å². The van der Waals surface area contributed by atoms with Crippen LogP contribution in [0.3, 0.4) is 0 Å². The number of methoxy groups -OCH3 is 2. The molecule has 2 aromatic rings. The molecule has 0 bridgehead atoms. The summed E-state index contributed by atoms with van der Waals surface area (Å²) in [5.41, 5.74) is 2.09. The predicted octanol–water partition coefficient (Wildman–Crippen LogP) is 3.86. The lowest BCUT2D eigenvalue weighted by Crippen LogP contribution is -2.31. The summed E-state index contributed by atoms with van der Waals surface area (Å²) < 4.78 is 10.7. The molecular weight excluding hydrogens is 330 g/mol. The molecule has 0 saturated carbocycles. The molecule has 3 rings (SSSR count). The maximum atomic E-state index is 12.8. The number of ether oxygens (including phenoxy) is 2. The molecule has 1 aliphatic heterocycles. The molecule has 1 amide bonds. The van der Waals surface area contributed by atoms with Gasteiger partial charge < -0.3 is 19.7 Å². The maximum Gasteiger partial charge on any atom is 0.255 e. The fourth-order valence-corrected chi connectivity index (χ4v) is 3.15. The van der Waals surface area contributed by atoms with Crippen molar-refractivity contribution in [3.05, 3.63) is 42.2 Å². The van der Waals surface area contributed by atoms with E-state index in [1.54, 1.807) is 26.6 Å². The van der Waals surface area contributed by atoms with E-state index < -0.39 is 0 Å². The van der Waals surface area contributed by atoms with Crippen LogP contribution in [0.15, 0.2) is 36.7 Å². The molecule has 0 spiro atoms. The van der Waals surface area contributed by atoms with Gasteiger partial charge in [-0.15, -0.1) is 0 Å². The molecule has 138 valence electrons. The zero-order chi connectivity index (χ0) is 18.4. The number of anilines is 2. The lowest BCUT2D eigenvalue weighted by atomic mass is 10.2. The van der Waals surface area contributed by atoms with Crippen LogP contribution in [-0.2, 0) is 0 Å². The summed E-state index contributed by atoms with van der Waals surface area (Å²) in [5, 5.41) is 3.27. The number of pyridine rings is 1. The number of benzene rings is 1. The predicted molar refractivity (Wildman–Crippen MR) is 101 cm³/mol. The van der Waals surface area contributed by atoms with Crippen LogP contribution in [0.25, 0.3) is 0 Å². The monoisotopic (exact) mass is 355 g/mol. The van der Waals surface area contributed by atoms with Gasteiger partial charge in [-0.3, -0.25) is 9.78 Å². The number of likely N-dealkylation sites (tertiary alicyclic amines) is 1. The van der Waals surface area contributed by atoms with Gasteiger partial charge >= 0.3 is 0 Å². The van der Waals surface area contributed by atoms with E-state index in [0.717, 1.165) is 43.1 Å². The van der Waals surface area contributed by atoms with Crippen molar-refractivity contribution in [1.29, 1.82) is 0 Å². The summed E-state index contributed by atoms with van der Waals surface area (Å²) in [5.74, 6) is 1.45. The van der Waals surface area contributed by atoms with Crippen molar-refractivity contribution in [1.82, 2.24) is 9.88 Å². The average molecular weight is 355 g/mol. The molecule has 1 N–H and O–H groups in total. The lowest BCUT2D eigenvalue weighted by molar-refractivity contribution is 0.0761. The minimum absolute atomic E-state index is 0.0423. The van der Waals surface area contributed by atoms with Crippen LogP contribution in [0.4, 0.5) is 11.4 Å². The lowest BCUT2D eigenvalue weighted by Gasteiger charge is -2.20. The Balaban J connectivity index is 1.80. The molecule has 1 aromatic carbocycles. The zero-order valence-corrected chi connectivity index (χ0v) is 15.3. The van der Waals surface area contributed by atoms with Crippen LogP contribution in [0.1, 0.15) is 36.0 Å². The number of rotatable bonds is 5. The molecular formula is C20H25N3O3. The van der Waals surface area contributed by atoms with Crippen LogP contribution < -0.4 is 14.8 Å². The number of hydrogen-bond acceptors (Lipinski definition) is 5. The van der Waals surface area contributed by atoms with Crippen molar-refractivity contribution in [3.8, 4) is 11.5 Å². The average Bonchev–Trinajstić information content (AvgIpc) is 2.97. The third kappa shape index (κ3) is 4.25. The first-order valence-corrected chi connectivity index (χ1v) is 8.94. The van der Waals surface area contributed by atoms with Gasteiger partial charge in [0.2, 0.25) is 0 Å². The third-order valence-electron chi connectivity index (χ3n) is 4.56. The number of nitrogens with zero attached hydrogens (tertiary/aromatic N) is 2. The quantitative estimate of drug-likeness (QED) is 0.882. The van der Waals surface area contributed by atoms with Gasteiger partial charge in [0, 0.05) is 25.4 Å². The second-order valence-electron chi connectivity index (χ2n) is 6.36. The van der Waals surface area contributed by atoms with Crippen molar-refractivity contribution in [3.63, 3.8) is 0 Å². The maximum absolute atomic E-state index is 12.8. The molecule has 0 aliphatic carbocycles. The Labute approximate surface area is 154 Å². The van der Waals surface area contributed by atoms with Crippen molar-refractivity contribution in [2.45, 2.75) is 25.7 Å². The van der Waals surface area contributed by atoms with Crippen LogP contribution in [0.5, 0.6) is 11.5 Å². The largest absolute Gasteiger partial charge is 0.497 e. The van der Waals surface area contributed by atoms with Crippen molar-refractivity contribution >= 4 is 17.3 Å². The van der Waals surface area contributed by atoms with Crippen molar-refractivity contribution < 1.29 is 14.3 Å². The molecule has 1 saturated heterocycles. The molecule has 26 heavy (non-hydrogen) atoms. The number of hydrogen-bond donors (Lipinski definition) is 1. The first-order valence-electron chi connectivity index (χ1n) is 8.94. The zero-order valence-electron chi connectivity index (χ0n) is 15.3. The highest BCUT2D eigenvalue weighted by atomic mass is 16.5. The van der Waals surface area contributed by atoms with E-state index in [1.807, 2.05) is 29.2 Å². The minimum Gasteiger partial charge on any atom is -0.497 e. The smallest absolute Gasteiger partial charge is 0.255 e. The van der Waals surface area contributed by atoms with Gasteiger partial charge in [0.05, 0.1) is 37.4 Å². The van der Waals surface area contributed by atoms with E-state index in [9.17, 15) is 4.79 Å². The number of carbonyl (C=O) groups is 1. The van der Waals surface area contributed by atoms with Gasteiger partial charge in [-0.25, -0.2) is 0 Å². The summed E-state index contributed by atoms with van der Waals surface area (Å²) in [4.78, 5) is 19.0. The second-order valence-corrected chi connectivity index (χ2v) is 6.36. The van der Waals surface area contributed by atoms with Crippen LogP contribution in [0, 0.1) is 0 Å². The number of amides is 1. The fourth-order valence-electron chi connectivity index (χ4n) is 3.15. The summed E-state index contributed by atoms with van der Waals surface area (Å²) in [6, 6.07) is 7.35. The van der Waals surface area contributed by atoms with Gasteiger partial charge in [0.15, 0.2) is 0 Å². The van der Waals surface area contributed by atoms with E-state index in [-0.39, 0.29) is 5.91 Å². The van der Waals surface area contributed by atoms with E-state index in [1.165, 1.54) is 12.8 Å². The molecule has 6 nitrogen and oxygen atoms in total. The summed E-state index contributed by atoms with van der Waals surface area (Å²) in [7, 11) is 3.23. The summed E-state index contributed by atoms with van der Waals surface area (Å²) in [6.07, 6.45) is 7.84. The van der Waals surface area contributed by atoms with E-state index in [4.69, 9.17) is 9.47 Å². The highest BCUT2D eigenvalue weighted by molar-refractivity contribution is 5.95. The molecule has 1 aromatic heterocycles. The molecule has 1 fully saturated rings. The van der Waals surface area contributed by atoms with Gasteiger partial charge in [-0.05, 0) is 31.0 Å². The Bertz CT molecular complexity index is 756. The van der Waals surface area contributed by atoms with Crippen LogP contribution >= 0.6 is 0 Å². The Hall–Kier alpha value is -2.76. The second kappa shape index (κ2) is 8.56. The Morgan fingerprint density at radius 3 is 2.50 bits per heavy atom. The van der Waals surface area contributed by atoms with Gasteiger partial charge in [-0.1, -0.05) is 12.8 Å². The van der Waals surface area contributed by atoms with Gasteiger partial charge in [0.25, 0.3) is 5.91 Å². The minimum atomic E-state index is 0.0423. The standard InChI is InChI=1S/C20H25N3O3/c1-25-17-7-8-19(26-2)18(12-17)22-16-11-15(13-21-14-16)20(24)23-9-5-3-4-6-10-23/h7-8,11-14,22H,3-6,9-10H2,1-2H3. The highest BCUT2D eigenvalue weighted by Gasteiger charge is 2.18. The fraction of sp³-hybridized carbons (Fsp3) is 0.400. The third-order valence-corrected chi connectivity index (χ3v) is 4.56. The summed E-state index contributed by atoms with van der Waals surface area (Å²) >= 11 is 0. The van der Waals surface area contributed by atoms with Gasteiger partial charge in [-0.2, -0.15) is 0 Å². The Morgan fingerprint density at radius 1 is 1.04 bits per heavy atom. The molecule has 0 radical (unpaired) electrons. The SMILES string of the molecule is COc1ccc(OC)c(Nc2cncc(C(=O)N3CCCCCC3)c2)c1. The van der Waals surface area contributed by atoms with Crippen LogP contribution in [0.2, 0.25) is 0 Å². The highest BCUT2D eigenvalue weighted by Crippen LogP contribution is 2.31. The molecule has 2 heterocycles. The first-order chi connectivity index (χ1) is 12.7. The first kappa shape index (κ1) is 18.0. The van der Waals surface area contributed by atoms with Crippen molar-refractivity contribution in [2.24, 2.45) is 0 Å². The number of nitrogens with one attached hydrogen (secondary N) is 1. The Morgan fingerprint density at radius 2 is 1.81 bits per heavy atom. The Kier molecular flexibility index (Phi) is 5.94. The summed E-state index contributed by atoms with van der Waals surface area (Å²) in [6.45, 7) is 1.64. The number of aromatic nitrogens is 1. The topological polar surface area (TPSA) is 63.7 Å².